The van der Waals surface area contributed by atoms with E-state index >= 15 is 0 Å². The standard InChI is InChI=1S/C11H14N4/c12-15-14-7-10-6-13-8-11(10)9-4-2-1-3-5-9/h1-5,10-11,13H,6-8H2. The van der Waals surface area contributed by atoms with E-state index in [1.165, 1.54) is 5.56 Å². The zero-order chi connectivity index (χ0) is 10.5. The summed E-state index contributed by atoms with van der Waals surface area (Å²) in [5.41, 5.74) is 9.66. The summed E-state index contributed by atoms with van der Waals surface area (Å²) in [6, 6.07) is 10.4. The van der Waals surface area contributed by atoms with Gasteiger partial charge in [-0.05, 0) is 23.6 Å². The molecule has 1 aliphatic heterocycles. The van der Waals surface area contributed by atoms with E-state index in [1.807, 2.05) is 6.07 Å². The second kappa shape index (κ2) is 4.82. The highest BCUT2D eigenvalue weighted by molar-refractivity contribution is 5.22. The molecule has 4 nitrogen and oxygen atoms in total. The average Bonchev–Trinajstić information content (AvgIpc) is 2.75. The van der Waals surface area contributed by atoms with Crippen molar-refractivity contribution < 1.29 is 0 Å². The van der Waals surface area contributed by atoms with Crippen LogP contribution >= 0.6 is 0 Å². The van der Waals surface area contributed by atoms with E-state index in [0.29, 0.717) is 18.4 Å². The fourth-order valence-corrected chi connectivity index (χ4v) is 2.16. The Labute approximate surface area is 88.9 Å². The van der Waals surface area contributed by atoms with E-state index in [0.717, 1.165) is 13.1 Å². The molecule has 0 radical (unpaired) electrons. The average molecular weight is 202 g/mol. The Morgan fingerprint density at radius 3 is 2.87 bits per heavy atom. The minimum atomic E-state index is 0.434. The lowest BCUT2D eigenvalue weighted by Crippen LogP contribution is -2.13. The third-order valence-corrected chi connectivity index (χ3v) is 2.95. The second-order valence-electron chi connectivity index (χ2n) is 3.85. The third kappa shape index (κ3) is 2.29. The van der Waals surface area contributed by atoms with Crippen molar-refractivity contribution in [2.75, 3.05) is 19.6 Å². The highest BCUT2D eigenvalue weighted by Gasteiger charge is 2.27. The maximum absolute atomic E-state index is 8.32. The summed E-state index contributed by atoms with van der Waals surface area (Å²) in [5, 5.41) is 7.02. The van der Waals surface area contributed by atoms with Crippen molar-refractivity contribution in [3.05, 3.63) is 46.3 Å². The van der Waals surface area contributed by atoms with Gasteiger partial charge in [0.25, 0.3) is 0 Å². The van der Waals surface area contributed by atoms with Crippen molar-refractivity contribution in [2.24, 2.45) is 11.0 Å². The molecule has 0 saturated carbocycles. The van der Waals surface area contributed by atoms with Crippen molar-refractivity contribution in [2.45, 2.75) is 5.92 Å². The number of hydrogen-bond acceptors (Lipinski definition) is 2. The molecule has 1 aliphatic rings. The molecule has 1 saturated heterocycles. The molecule has 1 aromatic carbocycles. The van der Waals surface area contributed by atoms with Gasteiger partial charge in [0.1, 0.15) is 0 Å². The first-order valence-corrected chi connectivity index (χ1v) is 5.18. The Morgan fingerprint density at radius 2 is 2.13 bits per heavy atom. The van der Waals surface area contributed by atoms with Gasteiger partial charge in [0.15, 0.2) is 0 Å². The van der Waals surface area contributed by atoms with E-state index in [1.54, 1.807) is 0 Å². The molecule has 1 aromatic rings. The molecule has 15 heavy (non-hydrogen) atoms. The monoisotopic (exact) mass is 202 g/mol. The van der Waals surface area contributed by atoms with Crippen molar-refractivity contribution in [3.63, 3.8) is 0 Å². The number of benzene rings is 1. The number of nitrogens with zero attached hydrogens (tertiary/aromatic N) is 3. The molecule has 0 aromatic heterocycles. The Morgan fingerprint density at radius 1 is 1.33 bits per heavy atom. The van der Waals surface area contributed by atoms with Crippen LogP contribution in [0.2, 0.25) is 0 Å². The van der Waals surface area contributed by atoms with Gasteiger partial charge in [-0.2, -0.15) is 0 Å². The zero-order valence-corrected chi connectivity index (χ0v) is 8.50. The molecule has 1 heterocycles. The molecule has 2 atom stereocenters. The Hall–Kier alpha value is -1.51. The van der Waals surface area contributed by atoms with Crippen molar-refractivity contribution in [1.82, 2.24) is 5.32 Å². The topological polar surface area (TPSA) is 60.8 Å². The smallest absolute Gasteiger partial charge is 0.0304 e. The number of hydrogen-bond donors (Lipinski definition) is 1. The molecule has 2 unspecified atom stereocenters. The number of nitrogens with one attached hydrogen (secondary N) is 1. The van der Waals surface area contributed by atoms with Crippen LogP contribution in [0.5, 0.6) is 0 Å². The van der Waals surface area contributed by atoms with Gasteiger partial charge in [0.05, 0.1) is 0 Å². The maximum Gasteiger partial charge on any atom is 0.0304 e. The molecule has 78 valence electrons. The molecule has 1 N–H and O–H groups in total. The lowest BCUT2D eigenvalue weighted by molar-refractivity contribution is 0.530. The van der Waals surface area contributed by atoms with Crippen LogP contribution < -0.4 is 5.32 Å². The van der Waals surface area contributed by atoms with Crippen LogP contribution in [0.4, 0.5) is 0 Å². The van der Waals surface area contributed by atoms with E-state index in [9.17, 15) is 0 Å². The van der Waals surface area contributed by atoms with Crippen LogP contribution in [0.1, 0.15) is 11.5 Å². The molecule has 0 amide bonds. The quantitative estimate of drug-likeness (QED) is 0.456. The summed E-state index contributed by atoms with van der Waals surface area (Å²) in [6.07, 6.45) is 0. The van der Waals surface area contributed by atoms with Crippen LogP contribution in [0.3, 0.4) is 0 Å². The SMILES string of the molecule is [N-]=[N+]=NCC1CNCC1c1ccccc1. The van der Waals surface area contributed by atoms with Gasteiger partial charge in [-0.15, -0.1) is 0 Å². The van der Waals surface area contributed by atoms with Crippen LogP contribution in [0, 0.1) is 5.92 Å². The van der Waals surface area contributed by atoms with Gasteiger partial charge in [0, 0.05) is 23.9 Å². The van der Waals surface area contributed by atoms with Gasteiger partial charge in [-0.25, -0.2) is 0 Å². The minimum Gasteiger partial charge on any atom is -0.316 e. The lowest BCUT2D eigenvalue weighted by Gasteiger charge is -2.16. The maximum atomic E-state index is 8.32. The van der Waals surface area contributed by atoms with E-state index in [4.69, 9.17) is 5.53 Å². The highest BCUT2D eigenvalue weighted by Crippen LogP contribution is 2.27. The van der Waals surface area contributed by atoms with Crippen molar-refractivity contribution in [3.8, 4) is 0 Å². The normalized spacial score (nSPS) is 24.8. The molecular formula is C11H14N4. The van der Waals surface area contributed by atoms with E-state index in [2.05, 4.69) is 39.6 Å². The lowest BCUT2D eigenvalue weighted by atomic mass is 9.89. The summed E-state index contributed by atoms with van der Waals surface area (Å²) < 4.78 is 0. The first-order chi connectivity index (χ1) is 7.42. The molecule has 1 fully saturated rings. The van der Waals surface area contributed by atoms with Crippen molar-refractivity contribution in [1.29, 1.82) is 0 Å². The Kier molecular flexibility index (Phi) is 3.22. The summed E-state index contributed by atoms with van der Waals surface area (Å²) in [7, 11) is 0. The van der Waals surface area contributed by atoms with Gasteiger partial charge in [-0.3, -0.25) is 0 Å². The van der Waals surface area contributed by atoms with Gasteiger partial charge >= 0.3 is 0 Å². The summed E-state index contributed by atoms with van der Waals surface area (Å²) in [4.78, 5) is 2.82. The third-order valence-electron chi connectivity index (χ3n) is 2.95. The molecule has 2 rings (SSSR count). The molecule has 4 heteroatoms. The number of rotatable bonds is 3. The predicted octanol–water partition coefficient (Wildman–Crippen LogP) is 2.30. The van der Waals surface area contributed by atoms with Crippen LogP contribution in [0.15, 0.2) is 35.4 Å². The molecule has 0 aliphatic carbocycles. The first-order valence-electron chi connectivity index (χ1n) is 5.18. The molecular weight excluding hydrogens is 188 g/mol. The van der Waals surface area contributed by atoms with Gasteiger partial charge < -0.3 is 5.32 Å². The fourth-order valence-electron chi connectivity index (χ4n) is 2.16. The van der Waals surface area contributed by atoms with Crippen LogP contribution in [0.25, 0.3) is 10.4 Å². The second-order valence-corrected chi connectivity index (χ2v) is 3.85. The highest BCUT2D eigenvalue weighted by atomic mass is 15.1. The Balaban J connectivity index is 2.11. The first kappa shape index (κ1) is 10.0. The van der Waals surface area contributed by atoms with Crippen LogP contribution in [-0.4, -0.2) is 19.6 Å². The Bertz CT molecular complexity index is 356. The molecule has 0 bridgehead atoms. The predicted molar refractivity (Wildman–Crippen MR) is 59.6 cm³/mol. The van der Waals surface area contributed by atoms with Gasteiger partial charge in [-0.1, -0.05) is 35.4 Å². The molecule has 0 spiro atoms. The van der Waals surface area contributed by atoms with E-state index in [-0.39, 0.29) is 0 Å². The fraction of sp³-hybridized carbons (Fsp3) is 0.455. The van der Waals surface area contributed by atoms with Crippen LogP contribution in [-0.2, 0) is 0 Å². The van der Waals surface area contributed by atoms with Gasteiger partial charge in [0.2, 0.25) is 0 Å². The summed E-state index contributed by atoms with van der Waals surface area (Å²) in [6.45, 7) is 2.51. The largest absolute Gasteiger partial charge is 0.316 e. The van der Waals surface area contributed by atoms with E-state index < -0.39 is 0 Å². The van der Waals surface area contributed by atoms with Crippen molar-refractivity contribution >= 4 is 0 Å². The number of azide groups is 1. The summed E-state index contributed by atoms with van der Waals surface area (Å²) in [5.74, 6) is 0.917. The minimum absolute atomic E-state index is 0.434. The zero-order valence-electron chi connectivity index (χ0n) is 8.50. The summed E-state index contributed by atoms with van der Waals surface area (Å²) >= 11 is 0.